The SMILES string of the molecule is CC(C)[C@H](NC(=O)[C@H](NC(=O)CO)c1ccccc1)C(=O)O. The van der Waals surface area contributed by atoms with Crippen LogP contribution in [0.5, 0.6) is 0 Å². The topological polar surface area (TPSA) is 116 Å². The summed E-state index contributed by atoms with van der Waals surface area (Å²) >= 11 is 0. The molecule has 120 valence electrons. The maximum absolute atomic E-state index is 12.3. The zero-order valence-electron chi connectivity index (χ0n) is 12.4. The van der Waals surface area contributed by atoms with E-state index in [1.165, 1.54) is 0 Å². The fraction of sp³-hybridized carbons (Fsp3) is 0.400. The molecule has 1 aromatic carbocycles. The smallest absolute Gasteiger partial charge is 0.326 e. The maximum Gasteiger partial charge on any atom is 0.326 e. The third-order valence-corrected chi connectivity index (χ3v) is 3.07. The van der Waals surface area contributed by atoms with Gasteiger partial charge < -0.3 is 20.8 Å². The Hall–Kier alpha value is -2.41. The molecule has 0 aromatic heterocycles. The highest BCUT2D eigenvalue weighted by molar-refractivity contribution is 5.91. The number of rotatable bonds is 7. The van der Waals surface area contributed by atoms with E-state index in [4.69, 9.17) is 10.2 Å². The summed E-state index contributed by atoms with van der Waals surface area (Å²) in [6.45, 7) is 2.58. The second-order valence-electron chi connectivity index (χ2n) is 5.14. The van der Waals surface area contributed by atoms with E-state index in [1.54, 1.807) is 44.2 Å². The normalized spacial score (nSPS) is 13.3. The molecule has 0 fully saturated rings. The van der Waals surface area contributed by atoms with Gasteiger partial charge in [-0.25, -0.2) is 4.79 Å². The summed E-state index contributed by atoms with van der Waals surface area (Å²) in [6, 6.07) is 6.27. The lowest BCUT2D eigenvalue weighted by molar-refractivity contribution is -0.143. The minimum absolute atomic E-state index is 0.314. The molecule has 2 amide bonds. The fourth-order valence-electron chi connectivity index (χ4n) is 1.90. The number of aliphatic carboxylic acids is 1. The highest BCUT2D eigenvalue weighted by Gasteiger charge is 2.29. The first-order valence-electron chi connectivity index (χ1n) is 6.85. The van der Waals surface area contributed by atoms with E-state index in [1.807, 2.05) is 0 Å². The Morgan fingerprint density at radius 2 is 1.68 bits per heavy atom. The van der Waals surface area contributed by atoms with Crippen LogP contribution in [0.3, 0.4) is 0 Å². The largest absolute Gasteiger partial charge is 0.480 e. The monoisotopic (exact) mass is 308 g/mol. The molecule has 0 aliphatic rings. The number of hydrogen-bond donors (Lipinski definition) is 4. The second-order valence-corrected chi connectivity index (χ2v) is 5.14. The van der Waals surface area contributed by atoms with E-state index in [0.29, 0.717) is 5.56 Å². The lowest BCUT2D eigenvalue weighted by Crippen LogP contribution is -2.49. The van der Waals surface area contributed by atoms with Gasteiger partial charge in [0.1, 0.15) is 18.7 Å². The molecule has 0 aliphatic heterocycles. The van der Waals surface area contributed by atoms with Gasteiger partial charge in [-0.1, -0.05) is 44.2 Å². The van der Waals surface area contributed by atoms with E-state index >= 15 is 0 Å². The average molecular weight is 308 g/mol. The number of aliphatic hydroxyl groups excluding tert-OH is 1. The van der Waals surface area contributed by atoms with Gasteiger partial charge in [-0.05, 0) is 11.5 Å². The second kappa shape index (κ2) is 8.14. The van der Waals surface area contributed by atoms with Gasteiger partial charge in [-0.3, -0.25) is 9.59 Å². The highest BCUT2D eigenvalue weighted by Crippen LogP contribution is 2.14. The van der Waals surface area contributed by atoms with E-state index in [2.05, 4.69) is 10.6 Å². The van der Waals surface area contributed by atoms with E-state index in [0.717, 1.165) is 0 Å². The molecule has 1 rings (SSSR count). The van der Waals surface area contributed by atoms with Crippen LogP contribution in [0.1, 0.15) is 25.5 Å². The van der Waals surface area contributed by atoms with Crippen LogP contribution in [0.15, 0.2) is 30.3 Å². The van der Waals surface area contributed by atoms with Crippen LogP contribution in [-0.4, -0.2) is 40.6 Å². The fourth-order valence-corrected chi connectivity index (χ4v) is 1.90. The molecule has 0 heterocycles. The van der Waals surface area contributed by atoms with Crippen molar-refractivity contribution in [2.45, 2.75) is 25.9 Å². The Balaban J connectivity index is 2.98. The van der Waals surface area contributed by atoms with Gasteiger partial charge in [-0.15, -0.1) is 0 Å². The number of carbonyl (C=O) groups excluding carboxylic acids is 2. The van der Waals surface area contributed by atoms with Crippen LogP contribution in [0, 0.1) is 5.92 Å². The average Bonchev–Trinajstić information content (AvgIpc) is 2.49. The summed E-state index contributed by atoms with van der Waals surface area (Å²) < 4.78 is 0. The Bertz CT molecular complexity index is 530. The summed E-state index contributed by atoms with van der Waals surface area (Å²) in [5.74, 6) is -2.83. The van der Waals surface area contributed by atoms with Gasteiger partial charge in [0.05, 0.1) is 0 Å². The number of nitrogens with one attached hydrogen (secondary N) is 2. The molecule has 4 N–H and O–H groups in total. The van der Waals surface area contributed by atoms with Crippen molar-refractivity contribution >= 4 is 17.8 Å². The molecule has 0 bridgehead atoms. The van der Waals surface area contributed by atoms with Crippen molar-refractivity contribution in [3.8, 4) is 0 Å². The van der Waals surface area contributed by atoms with Crippen LogP contribution in [0.25, 0.3) is 0 Å². The van der Waals surface area contributed by atoms with Crippen LogP contribution in [-0.2, 0) is 14.4 Å². The number of amides is 2. The third-order valence-electron chi connectivity index (χ3n) is 3.07. The number of aliphatic hydroxyl groups is 1. The number of benzene rings is 1. The Labute approximate surface area is 128 Å². The first-order chi connectivity index (χ1) is 10.4. The summed E-state index contributed by atoms with van der Waals surface area (Å²) in [5, 5.41) is 22.7. The molecule has 0 aliphatic carbocycles. The Morgan fingerprint density at radius 1 is 1.09 bits per heavy atom. The zero-order valence-corrected chi connectivity index (χ0v) is 12.4. The zero-order chi connectivity index (χ0) is 16.7. The summed E-state index contributed by atoms with van der Waals surface area (Å²) in [7, 11) is 0. The van der Waals surface area contributed by atoms with Crippen LogP contribution in [0.4, 0.5) is 0 Å². The standard InChI is InChI=1S/C15H20N2O5/c1-9(2)12(15(21)22)17-14(20)13(16-11(19)8-18)10-6-4-3-5-7-10/h3-7,9,12-13,18H,8H2,1-2H3,(H,16,19)(H,17,20)(H,21,22)/t12-,13+/m0/s1. The van der Waals surface area contributed by atoms with Gasteiger partial charge in [-0.2, -0.15) is 0 Å². The van der Waals surface area contributed by atoms with Crippen molar-refractivity contribution in [1.82, 2.24) is 10.6 Å². The highest BCUT2D eigenvalue weighted by atomic mass is 16.4. The minimum Gasteiger partial charge on any atom is -0.480 e. The van der Waals surface area contributed by atoms with Gasteiger partial charge in [0.15, 0.2) is 0 Å². The molecular weight excluding hydrogens is 288 g/mol. The number of hydrogen-bond acceptors (Lipinski definition) is 4. The van der Waals surface area contributed by atoms with Gasteiger partial charge in [0.2, 0.25) is 11.8 Å². The van der Waals surface area contributed by atoms with E-state index in [-0.39, 0.29) is 5.92 Å². The molecule has 22 heavy (non-hydrogen) atoms. The lowest BCUT2D eigenvalue weighted by Gasteiger charge is -2.23. The number of carbonyl (C=O) groups is 3. The molecular formula is C15H20N2O5. The van der Waals surface area contributed by atoms with Crippen molar-refractivity contribution in [3.63, 3.8) is 0 Å². The van der Waals surface area contributed by atoms with E-state index < -0.39 is 36.5 Å². The minimum atomic E-state index is -1.15. The summed E-state index contributed by atoms with van der Waals surface area (Å²) in [4.78, 5) is 34.9. The van der Waals surface area contributed by atoms with Crippen LogP contribution in [0.2, 0.25) is 0 Å². The first-order valence-corrected chi connectivity index (χ1v) is 6.85. The van der Waals surface area contributed by atoms with Crippen LogP contribution >= 0.6 is 0 Å². The quantitative estimate of drug-likeness (QED) is 0.568. The molecule has 2 atom stereocenters. The van der Waals surface area contributed by atoms with Crippen LogP contribution < -0.4 is 10.6 Å². The predicted octanol–water partition coefficient (Wildman–Crippen LogP) is 0.0616. The Kier molecular flexibility index (Phi) is 6.52. The molecule has 1 aromatic rings. The third kappa shape index (κ3) is 4.85. The molecule has 7 nitrogen and oxygen atoms in total. The molecule has 0 radical (unpaired) electrons. The summed E-state index contributed by atoms with van der Waals surface area (Å²) in [6.07, 6.45) is 0. The maximum atomic E-state index is 12.3. The summed E-state index contributed by atoms with van der Waals surface area (Å²) in [5.41, 5.74) is 0.495. The predicted molar refractivity (Wildman–Crippen MR) is 78.8 cm³/mol. The van der Waals surface area contributed by atoms with E-state index in [9.17, 15) is 14.4 Å². The van der Waals surface area contributed by atoms with Gasteiger partial charge >= 0.3 is 5.97 Å². The molecule has 0 unspecified atom stereocenters. The molecule has 0 saturated carbocycles. The first kappa shape index (κ1) is 17.6. The van der Waals surface area contributed by atoms with Crippen molar-refractivity contribution in [1.29, 1.82) is 0 Å². The molecule has 0 spiro atoms. The van der Waals surface area contributed by atoms with Crippen molar-refractivity contribution < 1.29 is 24.6 Å². The van der Waals surface area contributed by atoms with Crippen molar-refractivity contribution in [2.24, 2.45) is 5.92 Å². The lowest BCUT2D eigenvalue weighted by atomic mass is 10.0. The Morgan fingerprint density at radius 3 is 2.14 bits per heavy atom. The van der Waals surface area contributed by atoms with Crippen molar-refractivity contribution in [3.05, 3.63) is 35.9 Å². The number of carboxylic acid groups (broad SMARTS) is 1. The van der Waals surface area contributed by atoms with Gasteiger partial charge in [0, 0.05) is 0 Å². The van der Waals surface area contributed by atoms with Gasteiger partial charge in [0.25, 0.3) is 0 Å². The molecule has 0 saturated heterocycles. The molecule has 7 heteroatoms. The number of carboxylic acids is 1. The van der Waals surface area contributed by atoms with Crippen molar-refractivity contribution in [2.75, 3.05) is 6.61 Å².